The average Bonchev–Trinajstić information content (AvgIpc) is 2.96. The van der Waals surface area contributed by atoms with Crippen molar-refractivity contribution in [1.82, 2.24) is 9.78 Å². The van der Waals surface area contributed by atoms with Crippen LogP contribution in [0.5, 0.6) is 0 Å². The molecule has 0 aliphatic rings. The van der Waals surface area contributed by atoms with Crippen molar-refractivity contribution < 1.29 is 22.8 Å². The van der Waals surface area contributed by atoms with Crippen molar-refractivity contribution in [2.24, 2.45) is 12.2 Å². The molecule has 5 nitrogen and oxygen atoms in total. The van der Waals surface area contributed by atoms with E-state index in [1.54, 1.807) is 12.1 Å². The fourth-order valence-corrected chi connectivity index (χ4v) is 2.59. The lowest BCUT2D eigenvalue weighted by atomic mass is 10.2. The van der Waals surface area contributed by atoms with Crippen LogP contribution in [0.4, 0.5) is 13.2 Å². The Morgan fingerprint density at radius 3 is 2.85 bits per heavy atom. The predicted octanol–water partition coefficient (Wildman–Crippen LogP) is 3.13. The third-order valence-corrected chi connectivity index (χ3v) is 3.60. The zero-order chi connectivity index (χ0) is 14.8. The Morgan fingerprint density at radius 1 is 1.55 bits per heavy atom. The number of nitrogens with zero attached hydrogens (tertiary/aromatic N) is 3. The maximum atomic E-state index is 12.8. The van der Waals surface area contributed by atoms with E-state index in [0.717, 1.165) is 22.7 Å². The van der Waals surface area contributed by atoms with Gasteiger partial charge in [-0.05, 0) is 12.1 Å². The van der Waals surface area contributed by atoms with Gasteiger partial charge in [-0.2, -0.15) is 18.3 Å². The zero-order valence-electron chi connectivity index (χ0n) is 10.3. The number of aryl methyl sites for hydroxylation is 1. The Morgan fingerprint density at radius 2 is 2.30 bits per heavy atom. The number of furan rings is 1. The summed E-state index contributed by atoms with van der Waals surface area (Å²) in [6.07, 6.45) is -2.39. The molecule has 108 valence electrons. The molecule has 0 saturated carbocycles. The lowest BCUT2D eigenvalue weighted by Crippen LogP contribution is -2.09. The van der Waals surface area contributed by atoms with Crippen LogP contribution in [0.1, 0.15) is 17.0 Å². The fourth-order valence-electron chi connectivity index (χ4n) is 1.61. The maximum absolute atomic E-state index is 12.8. The molecule has 2 rings (SSSR count). The van der Waals surface area contributed by atoms with E-state index in [1.807, 2.05) is 0 Å². The summed E-state index contributed by atoms with van der Waals surface area (Å²) in [5, 5.41) is 14.9. The van der Waals surface area contributed by atoms with Crippen LogP contribution < -0.4 is 0 Å². The minimum Gasteiger partial charge on any atom is -0.468 e. The second-order valence-electron chi connectivity index (χ2n) is 3.80. The van der Waals surface area contributed by atoms with E-state index in [2.05, 4.69) is 10.3 Å². The van der Waals surface area contributed by atoms with Gasteiger partial charge in [-0.15, -0.1) is 0 Å². The standard InChI is InChI=1S/C11H10F3N3O2S/c1-17-10(20-6-7-3-2-4-19-7)8(5-15-18)9(16-17)11(12,13)14/h2-5,18H,6H2,1H3/b15-5+. The van der Waals surface area contributed by atoms with Gasteiger partial charge in [0.1, 0.15) is 10.8 Å². The molecule has 2 aromatic rings. The van der Waals surface area contributed by atoms with Gasteiger partial charge in [-0.1, -0.05) is 16.9 Å². The van der Waals surface area contributed by atoms with Crippen LogP contribution in [-0.4, -0.2) is 21.2 Å². The lowest BCUT2D eigenvalue weighted by Gasteiger charge is -2.03. The van der Waals surface area contributed by atoms with Gasteiger partial charge < -0.3 is 9.62 Å². The first-order valence-corrected chi connectivity index (χ1v) is 6.39. The highest BCUT2D eigenvalue weighted by atomic mass is 32.2. The van der Waals surface area contributed by atoms with E-state index in [4.69, 9.17) is 9.62 Å². The van der Waals surface area contributed by atoms with E-state index >= 15 is 0 Å². The molecule has 2 heterocycles. The van der Waals surface area contributed by atoms with E-state index in [0.29, 0.717) is 11.5 Å². The molecule has 0 unspecified atom stereocenters. The summed E-state index contributed by atoms with van der Waals surface area (Å²) >= 11 is 1.11. The Labute approximate surface area is 116 Å². The summed E-state index contributed by atoms with van der Waals surface area (Å²) in [6.45, 7) is 0. The summed E-state index contributed by atoms with van der Waals surface area (Å²) in [5.74, 6) is 0.965. The summed E-state index contributed by atoms with van der Waals surface area (Å²) < 4.78 is 44.7. The zero-order valence-corrected chi connectivity index (χ0v) is 11.1. The van der Waals surface area contributed by atoms with Crippen LogP contribution >= 0.6 is 11.8 Å². The van der Waals surface area contributed by atoms with Gasteiger partial charge in [0.15, 0.2) is 5.69 Å². The third-order valence-electron chi connectivity index (χ3n) is 2.42. The van der Waals surface area contributed by atoms with E-state index in [9.17, 15) is 13.2 Å². The summed E-state index contributed by atoms with van der Waals surface area (Å²) in [7, 11) is 1.40. The van der Waals surface area contributed by atoms with E-state index < -0.39 is 11.9 Å². The van der Waals surface area contributed by atoms with Crippen molar-refractivity contribution in [1.29, 1.82) is 0 Å². The van der Waals surface area contributed by atoms with Crippen LogP contribution in [0.25, 0.3) is 0 Å². The topological polar surface area (TPSA) is 63.5 Å². The second-order valence-corrected chi connectivity index (χ2v) is 4.77. The molecule has 9 heteroatoms. The number of rotatable bonds is 4. The van der Waals surface area contributed by atoms with Gasteiger partial charge in [-0.3, -0.25) is 4.68 Å². The first-order chi connectivity index (χ1) is 9.43. The monoisotopic (exact) mass is 305 g/mol. The fraction of sp³-hybridized carbons (Fsp3) is 0.273. The minimum absolute atomic E-state index is 0.242. The molecule has 0 saturated heterocycles. The molecule has 0 amide bonds. The number of hydrogen-bond donors (Lipinski definition) is 1. The third kappa shape index (κ3) is 2.98. The quantitative estimate of drug-likeness (QED) is 0.408. The van der Waals surface area contributed by atoms with Crippen molar-refractivity contribution in [3.8, 4) is 0 Å². The molecular weight excluding hydrogens is 295 g/mol. The molecule has 0 bridgehead atoms. The molecule has 2 aromatic heterocycles. The minimum atomic E-state index is -4.61. The van der Waals surface area contributed by atoms with Crippen LogP contribution in [0.3, 0.4) is 0 Å². The van der Waals surface area contributed by atoms with Crippen LogP contribution in [0, 0.1) is 0 Å². The van der Waals surface area contributed by atoms with Gasteiger partial charge in [0.05, 0.1) is 23.8 Å². The normalized spacial score (nSPS) is 12.4. The number of aromatic nitrogens is 2. The van der Waals surface area contributed by atoms with Crippen molar-refractivity contribution in [3.63, 3.8) is 0 Å². The van der Waals surface area contributed by atoms with Crippen molar-refractivity contribution in [3.05, 3.63) is 35.4 Å². The van der Waals surface area contributed by atoms with Gasteiger partial charge in [0.2, 0.25) is 0 Å². The molecule has 1 N–H and O–H groups in total. The predicted molar refractivity (Wildman–Crippen MR) is 65.9 cm³/mol. The summed E-state index contributed by atoms with van der Waals surface area (Å²) in [6, 6.07) is 3.41. The number of halogens is 3. The summed E-state index contributed by atoms with van der Waals surface area (Å²) in [4.78, 5) is 0. The molecule has 0 aliphatic carbocycles. The van der Waals surface area contributed by atoms with Gasteiger partial charge in [-0.25, -0.2) is 0 Å². The van der Waals surface area contributed by atoms with Crippen molar-refractivity contribution in [2.45, 2.75) is 17.0 Å². The number of oxime groups is 1. The largest absolute Gasteiger partial charge is 0.468 e. The smallest absolute Gasteiger partial charge is 0.435 e. The molecule has 0 aliphatic heterocycles. The maximum Gasteiger partial charge on any atom is 0.435 e. The molecule has 0 radical (unpaired) electrons. The van der Waals surface area contributed by atoms with E-state index in [-0.39, 0.29) is 10.6 Å². The van der Waals surface area contributed by atoms with Crippen molar-refractivity contribution in [2.75, 3.05) is 0 Å². The lowest BCUT2D eigenvalue weighted by molar-refractivity contribution is -0.141. The molecule has 20 heavy (non-hydrogen) atoms. The van der Waals surface area contributed by atoms with Gasteiger partial charge in [0.25, 0.3) is 0 Å². The SMILES string of the molecule is Cn1nc(C(F)(F)F)c(/C=N/O)c1SCc1ccco1. The molecule has 0 spiro atoms. The second kappa shape index (κ2) is 5.61. The van der Waals surface area contributed by atoms with Gasteiger partial charge in [0, 0.05) is 7.05 Å². The highest BCUT2D eigenvalue weighted by molar-refractivity contribution is 7.98. The first kappa shape index (κ1) is 14.5. The average molecular weight is 305 g/mol. The molecule has 0 atom stereocenters. The summed E-state index contributed by atoms with van der Waals surface area (Å²) in [5.41, 5.74) is -1.35. The highest BCUT2D eigenvalue weighted by Gasteiger charge is 2.38. The Balaban J connectivity index is 2.34. The Bertz CT molecular complexity index is 605. The van der Waals surface area contributed by atoms with Crippen LogP contribution in [0.2, 0.25) is 0 Å². The number of alkyl halides is 3. The molecule has 0 aromatic carbocycles. The van der Waals surface area contributed by atoms with Crippen LogP contribution in [0.15, 0.2) is 33.0 Å². The molecular formula is C11H10F3N3O2S. The Kier molecular flexibility index (Phi) is 4.07. The molecule has 0 fully saturated rings. The van der Waals surface area contributed by atoms with E-state index in [1.165, 1.54) is 13.3 Å². The number of hydrogen-bond acceptors (Lipinski definition) is 5. The number of thioether (sulfide) groups is 1. The highest BCUT2D eigenvalue weighted by Crippen LogP contribution is 2.35. The van der Waals surface area contributed by atoms with Crippen molar-refractivity contribution >= 4 is 18.0 Å². The van der Waals surface area contributed by atoms with Crippen LogP contribution in [-0.2, 0) is 19.0 Å². The Hall–Kier alpha value is -1.90. The first-order valence-electron chi connectivity index (χ1n) is 5.40. The van der Waals surface area contributed by atoms with Gasteiger partial charge >= 0.3 is 6.18 Å².